The van der Waals surface area contributed by atoms with Crippen molar-refractivity contribution in [2.24, 2.45) is 5.92 Å². The van der Waals surface area contributed by atoms with E-state index in [-0.39, 0.29) is 0 Å². The van der Waals surface area contributed by atoms with Crippen LogP contribution in [-0.2, 0) is 0 Å². The van der Waals surface area contributed by atoms with E-state index in [9.17, 15) is 0 Å². The molecule has 0 bridgehead atoms. The number of allylic oxidation sites excluding steroid dienone is 4. The number of nitrogens with one attached hydrogen (secondary N) is 2. The van der Waals surface area contributed by atoms with Gasteiger partial charge >= 0.3 is 0 Å². The Labute approximate surface area is 135 Å². The fraction of sp³-hybridized carbons (Fsp3) is 0.300. The zero-order chi connectivity index (χ0) is 16.5. The van der Waals surface area contributed by atoms with Crippen LogP contribution in [0.5, 0.6) is 0 Å². The molecular weight excluding hydrogens is 268 g/mol. The zero-order valence-corrected chi connectivity index (χ0v) is 14.2. The Balaban J connectivity index is 2.92. The summed E-state index contributed by atoms with van der Waals surface area (Å²) < 4.78 is 0. The average molecular weight is 296 g/mol. The lowest BCUT2D eigenvalue weighted by Crippen LogP contribution is -2.08. The van der Waals surface area contributed by atoms with E-state index >= 15 is 0 Å². The molecule has 0 radical (unpaired) electrons. The van der Waals surface area contributed by atoms with E-state index < -0.39 is 0 Å². The molecule has 2 nitrogen and oxygen atoms in total. The number of rotatable bonds is 8. The van der Waals surface area contributed by atoms with Crippen molar-refractivity contribution in [1.29, 1.82) is 0 Å². The Hall–Kier alpha value is -2.22. The molecule has 2 N–H and O–H groups in total. The second kappa shape index (κ2) is 8.93. The fourth-order valence-corrected chi connectivity index (χ4v) is 2.35. The third-order valence-corrected chi connectivity index (χ3v) is 3.43. The number of benzene rings is 1. The van der Waals surface area contributed by atoms with Crippen molar-refractivity contribution in [1.82, 2.24) is 0 Å². The molecule has 118 valence electrons. The van der Waals surface area contributed by atoms with Crippen LogP contribution in [0.2, 0.25) is 0 Å². The summed E-state index contributed by atoms with van der Waals surface area (Å²) in [6, 6.07) is 8.21. The van der Waals surface area contributed by atoms with Crippen molar-refractivity contribution in [2.75, 3.05) is 17.2 Å². The maximum Gasteiger partial charge on any atom is 0.0617 e. The van der Waals surface area contributed by atoms with E-state index in [4.69, 9.17) is 0 Å². The number of para-hydroxylation sites is 2. The van der Waals surface area contributed by atoms with Gasteiger partial charge in [-0.25, -0.2) is 0 Å². The van der Waals surface area contributed by atoms with Crippen LogP contribution in [0, 0.1) is 5.92 Å². The van der Waals surface area contributed by atoms with Gasteiger partial charge in [0.05, 0.1) is 11.4 Å². The highest BCUT2D eigenvalue weighted by Crippen LogP contribution is 2.25. The molecule has 0 amide bonds. The van der Waals surface area contributed by atoms with Crippen LogP contribution in [0.25, 0.3) is 0 Å². The number of hydrogen-bond acceptors (Lipinski definition) is 2. The molecule has 0 spiro atoms. The lowest BCUT2D eigenvalue weighted by molar-refractivity contribution is 0.781. The fourth-order valence-electron chi connectivity index (χ4n) is 2.35. The molecule has 1 aromatic carbocycles. The molecule has 1 rings (SSSR count). The smallest absolute Gasteiger partial charge is 0.0617 e. The molecule has 0 saturated carbocycles. The summed E-state index contributed by atoms with van der Waals surface area (Å²) in [5, 5.41) is 6.92. The first kappa shape index (κ1) is 17.8. The Morgan fingerprint density at radius 1 is 1.23 bits per heavy atom. The summed E-state index contributed by atoms with van der Waals surface area (Å²) >= 11 is 0. The Morgan fingerprint density at radius 2 is 1.86 bits per heavy atom. The Kier molecular flexibility index (Phi) is 7.24. The second-order valence-corrected chi connectivity index (χ2v) is 5.62. The molecule has 22 heavy (non-hydrogen) atoms. The standard InChI is InChI=1S/C20H28N2/c1-7-11-16(5)14-21-19-12-9-10-13-20(19)22-17(6)18(8-2)15(3)4/h7-13,15,21-22H,2,5,14H2,1,3-4,6H3/b11-7-,18-17-. The molecule has 0 atom stereocenters. The first-order chi connectivity index (χ1) is 10.5. The van der Waals surface area contributed by atoms with Gasteiger partial charge in [0.25, 0.3) is 0 Å². The number of hydrogen-bond donors (Lipinski definition) is 2. The molecule has 1 aromatic rings. The second-order valence-electron chi connectivity index (χ2n) is 5.62. The summed E-state index contributed by atoms with van der Waals surface area (Å²) in [5.41, 5.74) is 5.55. The monoisotopic (exact) mass is 296 g/mol. The largest absolute Gasteiger partial charge is 0.379 e. The van der Waals surface area contributed by atoms with Gasteiger partial charge in [-0.15, -0.1) is 0 Å². The zero-order valence-electron chi connectivity index (χ0n) is 14.2. The van der Waals surface area contributed by atoms with Gasteiger partial charge < -0.3 is 10.6 Å². The van der Waals surface area contributed by atoms with Crippen LogP contribution in [0.1, 0.15) is 27.7 Å². The lowest BCUT2D eigenvalue weighted by atomic mass is 10.0. The minimum absolute atomic E-state index is 0.444. The molecule has 0 aliphatic carbocycles. The maximum atomic E-state index is 4.02. The molecule has 0 aliphatic heterocycles. The Bertz CT molecular complexity index is 577. The van der Waals surface area contributed by atoms with Gasteiger partial charge in [0.15, 0.2) is 0 Å². The van der Waals surface area contributed by atoms with Gasteiger partial charge in [0.1, 0.15) is 0 Å². The van der Waals surface area contributed by atoms with Crippen molar-refractivity contribution in [2.45, 2.75) is 27.7 Å². The van der Waals surface area contributed by atoms with Crippen LogP contribution in [0.15, 0.2) is 72.5 Å². The highest BCUT2D eigenvalue weighted by Gasteiger charge is 2.06. The summed E-state index contributed by atoms with van der Waals surface area (Å²) in [6.07, 6.45) is 5.94. The minimum atomic E-state index is 0.444. The van der Waals surface area contributed by atoms with Crippen LogP contribution in [-0.4, -0.2) is 6.54 Å². The predicted molar refractivity (Wildman–Crippen MR) is 100 cm³/mol. The van der Waals surface area contributed by atoms with E-state index in [2.05, 4.69) is 56.7 Å². The van der Waals surface area contributed by atoms with E-state index in [1.165, 1.54) is 5.57 Å². The molecule has 0 saturated heterocycles. The van der Waals surface area contributed by atoms with Crippen molar-refractivity contribution in [3.05, 3.63) is 72.5 Å². The quantitative estimate of drug-likeness (QED) is 0.596. The third kappa shape index (κ3) is 5.28. The highest BCUT2D eigenvalue weighted by molar-refractivity contribution is 5.71. The summed E-state index contributed by atoms with van der Waals surface area (Å²) in [4.78, 5) is 0. The van der Waals surface area contributed by atoms with Crippen molar-refractivity contribution >= 4 is 11.4 Å². The topological polar surface area (TPSA) is 24.1 Å². The SMILES string of the molecule is C=C/C(=C(\C)Nc1ccccc1NCC(=C)/C=C\C)C(C)C. The summed E-state index contributed by atoms with van der Waals surface area (Å²) in [6.45, 7) is 17.1. The van der Waals surface area contributed by atoms with Crippen molar-refractivity contribution in [3.63, 3.8) is 0 Å². The molecule has 0 fully saturated rings. The predicted octanol–water partition coefficient (Wildman–Crippen LogP) is 5.76. The maximum absolute atomic E-state index is 4.02. The van der Waals surface area contributed by atoms with Crippen molar-refractivity contribution < 1.29 is 0 Å². The Morgan fingerprint density at radius 3 is 2.41 bits per heavy atom. The molecule has 2 heteroatoms. The van der Waals surface area contributed by atoms with E-state index in [0.29, 0.717) is 5.92 Å². The molecule has 0 aromatic heterocycles. The normalized spacial score (nSPS) is 12.2. The first-order valence-electron chi connectivity index (χ1n) is 7.73. The minimum Gasteiger partial charge on any atom is -0.379 e. The van der Waals surface area contributed by atoms with E-state index in [1.807, 2.05) is 37.3 Å². The number of anilines is 2. The van der Waals surface area contributed by atoms with Gasteiger partial charge in [0.2, 0.25) is 0 Å². The van der Waals surface area contributed by atoms with Gasteiger partial charge in [-0.1, -0.05) is 57.4 Å². The summed E-state index contributed by atoms with van der Waals surface area (Å²) in [7, 11) is 0. The first-order valence-corrected chi connectivity index (χ1v) is 7.73. The van der Waals surface area contributed by atoms with Gasteiger partial charge in [-0.2, -0.15) is 0 Å². The van der Waals surface area contributed by atoms with E-state index in [1.54, 1.807) is 0 Å². The van der Waals surface area contributed by atoms with Gasteiger partial charge in [0, 0.05) is 12.2 Å². The summed E-state index contributed by atoms with van der Waals surface area (Å²) in [5.74, 6) is 0.444. The van der Waals surface area contributed by atoms with Gasteiger partial charge in [-0.05, 0) is 43.0 Å². The van der Waals surface area contributed by atoms with Gasteiger partial charge in [-0.3, -0.25) is 0 Å². The third-order valence-electron chi connectivity index (χ3n) is 3.43. The molecule has 0 unspecified atom stereocenters. The van der Waals surface area contributed by atoms with Crippen LogP contribution in [0.4, 0.5) is 11.4 Å². The molecule has 0 aliphatic rings. The highest BCUT2D eigenvalue weighted by atomic mass is 15.0. The van der Waals surface area contributed by atoms with Crippen LogP contribution < -0.4 is 10.6 Å². The molecule has 0 heterocycles. The van der Waals surface area contributed by atoms with Crippen LogP contribution >= 0.6 is 0 Å². The van der Waals surface area contributed by atoms with E-state index in [0.717, 1.165) is 29.2 Å². The van der Waals surface area contributed by atoms with Crippen LogP contribution in [0.3, 0.4) is 0 Å². The van der Waals surface area contributed by atoms with Crippen molar-refractivity contribution in [3.8, 4) is 0 Å². The average Bonchev–Trinajstić information content (AvgIpc) is 2.47. The lowest BCUT2D eigenvalue weighted by Gasteiger charge is -2.17. The molecular formula is C20H28N2.